The van der Waals surface area contributed by atoms with Crippen LogP contribution in [-0.4, -0.2) is 6.54 Å². The van der Waals surface area contributed by atoms with E-state index in [4.69, 9.17) is 4.42 Å². The van der Waals surface area contributed by atoms with E-state index in [-0.39, 0.29) is 11.9 Å². The summed E-state index contributed by atoms with van der Waals surface area (Å²) in [6.45, 7) is 4.99. The summed E-state index contributed by atoms with van der Waals surface area (Å²) in [7, 11) is 0. The molecule has 0 saturated carbocycles. The minimum atomic E-state index is -0.192. The average Bonchev–Trinajstić information content (AvgIpc) is 3.10. The zero-order chi connectivity index (χ0) is 14.8. The number of fused-ring (bicyclic) bond motifs is 1. The van der Waals surface area contributed by atoms with Gasteiger partial charge in [0, 0.05) is 16.0 Å². The van der Waals surface area contributed by atoms with Gasteiger partial charge in [-0.3, -0.25) is 0 Å². The van der Waals surface area contributed by atoms with E-state index < -0.39 is 0 Å². The number of aryl methyl sites for hydroxylation is 1. The average molecular weight is 303 g/mol. The molecule has 2 heterocycles. The third-order valence-corrected chi connectivity index (χ3v) is 4.67. The number of furan rings is 1. The zero-order valence-electron chi connectivity index (χ0n) is 12.2. The van der Waals surface area contributed by atoms with E-state index in [1.165, 1.54) is 6.07 Å². The Kier molecular flexibility index (Phi) is 4.08. The molecule has 0 radical (unpaired) electrons. The molecule has 0 bridgehead atoms. The van der Waals surface area contributed by atoms with Crippen LogP contribution in [0.2, 0.25) is 0 Å². The molecule has 0 aliphatic rings. The predicted octanol–water partition coefficient (Wildman–Crippen LogP) is 4.89. The van der Waals surface area contributed by atoms with E-state index in [0.717, 1.165) is 39.4 Å². The van der Waals surface area contributed by atoms with Crippen LogP contribution >= 0.6 is 11.3 Å². The molecule has 21 heavy (non-hydrogen) atoms. The Labute approximate surface area is 127 Å². The van der Waals surface area contributed by atoms with Crippen LogP contribution in [0.25, 0.3) is 10.1 Å². The first-order chi connectivity index (χ1) is 10.2. The molecule has 0 fully saturated rings. The van der Waals surface area contributed by atoms with Crippen LogP contribution in [0.5, 0.6) is 0 Å². The molecule has 1 unspecified atom stereocenters. The minimum absolute atomic E-state index is 0.0239. The van der Waals surface area contributed by atoms with Gasteiger partial charge in [-0.15, -0.1) is 11.3 Å². The van der Waals surface area contributed by atoms with E-state index in [2.05, 4.69) is 25.2 Å². The van der Waals surface area contributed by atoms with Crippen molar-refractivity contribution in [2.45, 2.75) is 26.3 Å². The van der Waals surface area contributed by atoms with E-state index in [0.29, 0.717) is 0 Å². The van der Waals surface area contributed by atoms with E-state index in [9.17, 15) is 4.39 Å². The Morgan fingerprint density at radius 3 is 2.76 bits per heavy atom. The second kappa shape index (κ2) is 6.00. The Hall–Kier alpha value is -1.65. The van der Waals surface area contributed by atoms with Crippen molar-refractivity contribution < 1.29 is 8.81 Å². The normalized spacial score (nSPS) is 12.9. The van der Waals surface area contributed by atoms with Crippen LogP contribution in [0.4, 0.5) is 4.39 Å². The molecule has 1 aromatic carbocycles. The Balaban J connectivity index is 2.01. The van der Waals surface area contributed by atoms with Gasteiger partial charge in [0.05, 0.1) is 0 Å². The van der Waals surface area contributed by atoms with E-state index in [1.807, 2.05) is 18.2 Å². The van der Waals surface area contributed by atoms with Gasteiger partial charge in [0.2, 0.25) is 0 Å². The first-order valence-corrected chi connectivity index (χ1v) is 8.04. The number of hydrogen-bond acceptors (Lipinski definition) is 3. The first kappa shape index (κ1) is 14.3. The summed E-state index contributed by atoms with van der Waals surface area (Å²) in [5, 5.41) is 4.52. The molecule has 0 saturated heterocycles. The molecule has 3 rings (SSSR count). The number of nitrogens with one attached hydrogen (secondary N) is 1. The third-order valence-electron chi connectivity index (χ3n) is 3.51. The fraction of sp³-hybridized carbons (Fsp3) is 0.294. The fourth-order valence-corrected chi connectivity index (χ4v) is 3.63. The van der Waals surface area contributed by atoms with E-state index >= 15 is 0 Å². The van der Waals surface area contributed by atoms with Crippen LogP contribution in [0, 0.1) is 5.82 Å². The second-order valence-corrected chi connectivity index (χ2v) is 6.09. The quantitative estimate of drug-likeness (QED) is 0.725. The molecule has 1 atom stereocenters. The van der Waals surface area contributed by atoms with Gasteiger partial charge in [0.25, 0.3) is 0 Å². The van der Waals surface area contributed by atoms with Crippen molar-refractivity contribution in [1.29, 1.82) is 0 Å². The molecular formula is C17H18FNOS. The highest BCUT2D eigenvalue weighted by Gasteiger charge is 2.19. The van der Waals surface area contributed by atoms with Crippen molar-refractivity contribution in [3.05, 3.63) is 58.6 Å². The van der Waals surface area contributed by atoms with Gasteiger partial charge < -0.3 is 9.73 Å². The molecule has 110 valence electrons. The van der Waals surface area contributed by atoms with Crippen molar-refractivity contribution >= 4 is 21.4 Å². The summed E-state index contributed by atoms with van der Waals surface area (Å²) in [4.78, 5) is 1.15. The molecule has 3 aromatic rings. The molecule has 2 aromatic heterocycles. The lowest BCUT2D eigenvalue weighted by Crippen LogP contribution is -2.20. The second-order valence-electron chi connectivity index (χ2n) is 4.98. The van der Waals surface area contributed by atoms with Crippen LogP contribution in [-0.2, 0) is 6.42 Å². The third kappa shape index (κ3) is 2.87. The largest absolute Gasteiger partial charge is 0.464 e. The maximum absolute atomic E-state index is 13.3. The molecule has 0 spiro atoms. The highest BCUT2D eigenvalue weighted by molar-refractivity contribution is 7.19. The summed E-state index contributed by atoms with van der Waals surface area (Å²) in [6, 6.07) is 11.1. The summed E-state index contributed by atoms with van der Waals surface area (Å²) >= 11 is 1.61. The first-order valence-electron chi connectivity index (χ1n) is 7.22. The monoisotopic (exact) mass is 303 g/mol. The number of thiophene rings is 1. The number of rotatable bonds is 5. The Morgan fingerprint density at radius 2 is 2.05 bits per heavy atom. The summed E-state index contributed by atoms with van der Waals surface area (Å²) in [5.41, 5.74) is 0. The lowest BCUT2D eigenvalue weighted by atomic mass is 10.1. The van der Waals surface area contributed by atoms with Crippen LogP contribution in [0.3, 0.4) is 0 Å². The van der Waals surface area contributed by atoms with Gasteiger partial charge in [-0.2, -0.15) is 0 Å². The highest BCUT2D eigenvalue weighted by Crippen LogP contribution is 2.34. The Morgan fingerprint density at radius 1 is 1.19 bits per heavy atom. The summed E-state index contributed by atoms with van der Waals surface area (Å²) in [6.07, 6.45) is 0.885. The molecule has 4 heteroatoms. The van der Waals surface area contributed by atoms with Crippen molar-refractivity contribution in [2.75, 3.05) is 6.54 Å². The lowest BCUT2D eigenvalue weighted by molar-refractivity contribution is 0.428. The SMILES string of the molecule is CCNC(c1ccc(CC)o1)c1cc2ccc(F)cc2s1. The molecule has 0 amide bonds. The summed E-state index contributed by atoms with van der Waals surface area (Å²) < 4.78 is 20.2. The predicted molar refractivity (Wildman–Crippen MR) is 85.4 cm³/mol. The van der Waals surface area contributed by atoms with Gasteiger partial charge in [-0.25, -0.2) is 4.39 Å². The number of benzene rings is 1. The molecule has 0 aliphatic heterocycles. The van der Waals surface area contributed by atoms with Gasteiger partial charge >= 0.3 is 0 Å². The van der Waals surface area contributed by atoms with Crippen molar-refractivity contribution in [3.63, 3.8) is 0 Å². The highest BCUT2D eigenvalue weighted by atomic mass is 32.1. The smallest absolute Gasteiger partial charge is 0.126 e. The number of hydrogen-bond donors (Lipinski definition) is 1. The minimum Gasteiger partial charge on any atom is -0.464 e. The number of halogens is 1. The maximum Gasteiger partial charge on any atom is 0.126 e. The van der Waals surface area contributed by atoms with Gasteiger partial charge in [-0.1, -0.05) is 19.9 Å². The Bertz CT molecular complexity index is 746. The van der Waals surface area contributed by atoms with Crippen molar-refractivity contribution in [3.8, 4) is 0 Å². The maximum atomic E-state index is 13.3. The molecule has 2 nitrogen and oxygen atoms in total. The zero-order valence-corrected chi connectivity index (χ0v) is 13.0. The van der Waals surface area contributed by atoms with Crippen molar-refractivity contribution in [2.24, 2.45) is 0 Å². The van der Waals surface area contributed by atoms with Gasteiger partial charge in [0.15, 0.2) is 0 Å². The van der Waals surface area contributed by atoms with Gasteiger partial charge in [0.1, 0.15) is 23.4 Å². The fourth-order valence-electron chi connectivity index (χ4n) is 2.45. The lowest BCUT2D eigenvalue weighted by Gasteiger charge is -2.13. The molecule has 0 aliphatic carbocycles. The topological polar surface area (TPSA) is 25.2 Å². The molecule has 1 N–H and O–H groups in total. The van der Waals surface area contributed by atoms with Crippen LogP contribution < -0.4 is 5.32 Å². The molecular weight excluding hydrogens is 285 g/mol. The standard InChI is InChI=1S/C17H18FNOS/c1-3-13-7-8-14(20-13)17(19-4-2)16-9-11-5-6-12(18)10-15(11)21-16/h5-10,17,19H,3-4H2,1-2H3. The van der Waals surface area contributed by atoms with Crippen molar-refractivity contribution in [1.82, 2.24) is 5.32 Å². The van der Waals surface area contributed by atoms with Gasteiger partial charge in [-0.05, 0) is 42.3 Å². The summed E-state index contributed by atoms with van der Waals surface area (Å²) in [5.74, 6) is 1.71. The van der Waals surface area contributed by atoms with E-state index in [1.54, 1.807) is 17.4 Å². The van der Waals surface area contributed by atoms with Crippen LogP contribution in [0.15, 0.2) is 40.8 Å². The van der Waals surface area contributed by atoms with Crippen LogP contribution in [0.1, 0.15) is 36.3 Å².